The second kappa shape index (κ2) is 8.35. The first-order valence-corrected chi connectivity index (χ1v) is 7.21. The third kappa shape index (κ3) is 4.68. The maximum atomic E-state index is 11.6. The molecule has 0 aliphatic heterocycles. The van der Waals surface area contributed by atoms with Crippen molar-refractivity contribution in [1.29, 1.82) is 0 Å². The second-order valence-corrected chi connectivity index (χ2v) is 4.50. The lowest BCUT2D eigenvalue weighted by Crippen LogP contribution is -2.36. The molecule has 0 fully saturated rings. The Bertz CT molecular complexity index is 411. The molecular weight excluding hydrogens is 254 g/mol. The van der Waals surface area contributed by atoms with Gasteiger partial charge >= 0.3 is 0 Å². The molecule has 0 saturated heterocycles. The molecule has 0 unspecified atom stereocenters. The van der Waals surface area contributed by atoms with Crippen molar-refractivity contribution in [2.45, 2.75) is 33.6 Å². The predicted octanol–water partition coefficient (Wildman–Crippen LogP) is 1.43. The first kappa shape index (κ1) is 16.2. The fourth-order valence-electron chi connectivity index (χ4n) is 1.86. The highest BCUT2D eigenvalue weighted by molar-refractivity contribution is 5.80. The van der Waals surface area contributed by atoms with E-state index in [9.17, 15) is 4.79 Å². The third-order valence-corrected chi connectivity index (χ3v) is 2.91. The molecule has 1 aromatic heterocycles. The van der Waals surface area contributed by atoms with Crippen LogP contribution in [0.15, 0.2) is 6.07 Å². The molecule has 0 bridgehead atoms. The SMILES string of the molecule is CCCc1nc(NCC)cc(N(CC)CC(=O)NC)n1. The predicted molar refractivity (Wildman–Crippen MR) is 82.1 cm³/mol. The Morgan fingerprint density at radius 1 is 1.30 bits per heavy atom. The molecule has 6 nitrogen and oxygen atoms in total. The number of nitrogens with one attached hydrogen (secondary N) is 2. The molecule has 0 spiro atoms. The van der Waals surface area contributed by atoms with Crippen molar-refractivity contribution in [3.63, 3.8) is 0 Å². The molecule has 1 aromatic rings. The topological polar surface area (TPSA) is 70.2 Å². The van der Waals surface area contributed by atoms with Gasteiger partial charge in [0.25, 0.3) is 0 Å². The van der Waals surface area contributed by atoms with Gasteiger partial charge in [-0.1, -0.05) is 6.92 Å². The van der Waals surface area contributed by atoms with E-state index < -0.39 is 0 Å². The maximum Gasteiger partial charge on any atom is 0.239 e. The number of carbonyl (C=O) groups excluding carboxylic acids is 1. The molecule has 1 rings (SSSR count). The first-order chi connectivity index (χ1) is 9.64. The largest absolute Gasteiger partial charge is 0.370 e. The minimum absolute atomic E-state index is 0.0208. The van der Waals surface area contributed by atoms with Crippen LogP contribution in [0.25, 0.3) is 0 Å². The first-order valence-electron chi connectivity index (χ1n) is 7.21. The minimum atomic E-state index is -0.0208. The van der Waals surface area contributed by atoms with E-state index in [4.69, 9.17) is 0 Å². The van der Waals surface area contributed by atoms with Gasteiger partial charge in [-0.3, -0.25) is 4.79 Å². The molecule has 112 valence electrons. The number of nitrogens with zero attached hydrogens (tertiary/aromatic N) is 3. The highest BCUT2D eigenvalue weighted by atomic mass is 16.1. The Morgan fingerprint density at radius 3 is 2.60 bits per heavy atom. The van der Waals surface area contributed by atoms with Crippen LogP contribution >= 0.6 is 0 Å². The van der Waals surface area contributed by atoms with Crippen LogP contribution in [0.5, 0.6) is 0 Å². The normalized spacial score (nSPS) is 10.2. The molecular formula is C14H25N5O. The van der Waals surface area contributed by atoms with Crippen LogP contribution < -0.4 is 15.5 Å². The van der Waals surface area contributed by atoms with Crippen molar-refractivity contribution in [1.82, 2.24) is 15.3 Å². The minimum Gasteiger partial charge on any atom is -0.370 e. The van der Waals surface area contributed by atoms with E-state index in [0.29, 0.717) is 6.54 Å². The monoisotopic (exact) mass is 279 g/mol. The van der Waals surface area contributed by atoms with Crippen molar-refractivity contribution in [2.75, 3.05) is 36.9 Å². The van der Waals surface area contributed by atoms with E-state index >= 15 is 0 Å². The zero-order valence-electron chi connectivity index (χ0n) is 12.9. The van der Waals surface area contributed by atoms with Crippen LogP contribution in [0.4, 0.5) is 11.6 Å². The van der Waals surface area contributed by atoms with Crippen molar-refractivity contribution in [3.8, 4) is 0 Å². The molecule has 6 heteroatoms. The number of anilines is 2. The number of rotatable bonds is 8. The quantitative estimate of drug-likeness (QED) is 0.753. The molecule has 2 N–H and O–H groups in total. The van der Waals surface area contributed by atoms with E-state index in [2.05, 4.69) is 27.5 Å². The summed E-state index contributed by atoms with van der Waals surface area (Å²) in [5.74, 6) is 2.41. The van der Waals surface area contributed by atoms with Crippen molar-refractivity contribution in [3.05, 3.63) is 11.9 Å². The maximum absolute atomic E-state index is 11.6. The average molecular weight is 279 g/mol. The Hall–Kier alpha value is -1.85. The summed E-state index contributed by atoms with van der Waals surface area (Å²) in [4.78, 5) is 22.5. The number of amides is 1. The van der Waals surface area contributed by atoms with Gasteiger partial charge in [-0.15, -0.1) is 0 Å². The van der Waals surface area contributed by atoms with Gasteiger partial charge in [0.2, 0.25) is 5.91 Å². The average Bonchev–Trinajstić information content (AvgIpc) is 2.44. The molecule has 0 saturated carbocycles. The van der Waals surface area contributed by atoms with Gasteiger partial charge in [0.1, 0.15) is 17.5 Å². The summed E-state index contributed by atoms with van der Waals surface area (Å²) in [5.41, 5.74) is 0. The molecule has 20 heavy (non-hydrogen) atoms. The van der Waals surface area contributed by atoms with Gasteiger partial charge in [0.05, 0.1) is 6.54 Å². The van der Waals surface area contributed by atoms with Crippen LogP contribution in [-0.4, -0.2) is 42.6 Å². The van der Waals surface area contributed by atoms with E-state index in [-0.39, 0.29) is 5.91 Å². The molecule has 0 aromatic carbocycles. The number of hydrogen-bond donors (Lipinski definition) is 2. The fraction of sp³-hybridized carbons (Fsp3) is 0.643. The summed E-state index contributed by atoms with van der Waals surface area (Å²) in [5, 5.41) is 5.85. The summed E-state index contributed by atoms with van der Waals surface area (Å²) >= 11 is 0. The van der Waals surface area contributed by atoms with Crippen molar-refractivity contribution < 1.29 is 4.79 Å². The molecule has 1 amide bonds. The van der Waals surface area contributed by atoms with Gasteiger partial charge in [-0.05, 0) is 20.3 Å². The van der Waals surface area contributed by atoms with Crippen molar-refractivity contribution >= 4 is 17.5 Å². The Labute approximate surface area is 121 Å². The molecule has 0 atom stereocenters. The number of hydrogen-bond acceptors (Lipinski definition) is 5. The number of aryl methyl sites for hydroxylation is 1. The third-order valence-electron chi connectivity index (χ3n) is 2.91. The lowest BCUT2D eigenvalue weighted by atomic mass is 10.3. The van der Waals surface area contributed by atoms with Gasteiger partial charge in [-0.25, -0.2) is 9.97 Å². The summed E-state index contributed by atoms with van der Waals surface area (Å²) in [6, 6.07) is 1.90. The van der Waals surface area contributed by atoms with Gasteiger partial charge in [-0.2, -0.15) is 0 Å². The van der Waals surface area contributed by atoms with E-state index in [1.165, 1.54) is 0 Å². The van der Waals surface area contributed by atoms with Gasteiger partial charge in [0, 0.05) is 32.6 Å². The van der Waals surface area contributed by atoms with Crippen LogP contribution in [0, 0.1) is 0 Å². The van der Waals surface area contributed by atoms with E-state index in [1.54, 1.807) is 7.05 Å². The second-order valence-electron chi connectivity index (χ2n) is 4.50. The van der Waals surface area contributed by atoms with E-state index in [0.717, 1.165) is 43.4 Å². The smallest absolute Gasteiger partial charge is 0.239 e. The van der Waals surface area contributed by atoms with Gasteiger partial charge in [0.15, 0.2) is 0 Å². The molecule has 0 aliphatic rings. The number of carbonyl (C=O) groups is 1. The zero-order chi connectivity index (χ0) is 15.0. The lowest BCUT2D eigenvalue weighted by Gasteiger charge is -2.22. The summed E-state index contributed by atoms with van der Waals surface area (Å²) in [6.45, 7) is 7.98. The van der Waals surface area contributed by atoms with Crippen LogP contribution in [0.1, 0.15) is 33.0 Å². The van der Waals surface area contributed by atoms with Crippen molar-refractivity contribution in [2.24, 2.45) is 0 Å². The molecule has 1 heterocycles. The highest BCUT2D eigenvalue weighted by Crippen LogP contribution is 2.16. The number of aromatic nitrogens is 2. The standard InChI is InChI=1S/C14H25N5O/c1-5-8-11-17-12(16-6-2)9-13(18-11)19(7-3)10-14(20)15-4/h9H,5-8,10H2,1-4H3,(H,15,20)(H,16,17,18). The van der Waals surface area contributed by atoms with Crippen LogP contribution in [0.2, 0.25) is 0 Å². The zero-order valence-corrected chi connectivity index (χ0v) is 12.9. The highest BCUT2D eigenvalue weighted by Gasteiger charge is 2.13. The summed E-state index contributed by atoms with van der Waals surface area (Å²) < 4.78 is 0. The van der Waals surface area contributed by atoms with E-state index in [1.807, 2.05) is 24.8 Å². The lowest BCUT2D eigenvalue weighted by molar-refractivity contribution is -0.119. The van der Waals surface area contributed by atoms with Crippen LogP contribution in [0.3, 0.4) is 0 Å². The summed E-state index contributed by atoms with van der Waals surface area (Å²) in [6.07, 6.45) is 1.83. The Kier molecular flexibility index (Phi) is 6.76. The fourth-order valence-corrected chi connectivity index (χ4v) is 1.86. The van der Waals surface area contributed by atoms with Gasteiger partial charge < -0.3 is 15.5 Å². The molecule has 0 radical (unpaired) electrons. The summed E-state index contributed by atoms with van der Waals surface area (Å²) in [7, 11) is 1.64. The number of likely N-dealkylation sites (N-methyl/N-ethyl adjacent to an activating group) is 2. The van der Waals surface area contributed by atoms with Crippen LogP contribution in [-0.2, 0) is 11.2 Å². The molecule has 0 aliphatic carbocycles. The Morgan fingerprint density at radius 2 is 2.05 bits per heavy atom. The Balaban J connectivity index is 3.02.